The van der Waals surface area contributed by atoms with Gasteiger partial charge in [-0.05, 0) is 24.6 Å². The molecular formula is C15H21N6O+. The Morgan fingerprint density at radius 2 is 2.14 bits per heavy atom. The lowest BCUT2D eigenvalue weighted by Gasteiger charge is -2.15. The Morgan fingerprint density at radius 3 is 2.77 bits per heavy atom. The zero-order valence-corrected chi connectivity index (χ0v) is 12.8. The van der Waals surface area contributed by atoms with Crippen LogP contribution in [0.3, 0.4) is 0 Å². The topological polar surface area (TPSA) is 95.9 Å². The summed E-state index contributed by atoms with van der Waals surface area (Å²) in [5, 5.41) is 3.14. The van der Waals surface area contributed by atoms with Crippen LogP contribution in [0.1, 0.15) is 6.42 Å². The highest BCUT2D eigenvalue weighted by atomic mass is 16.1. The lowest BCUT2D eigenvalue weighted by molar-refractivity contribution is -0.262. The van der Waals surface area contributed by atoms with E-state index in [4.69, 9.17) is 5.73 Å². The van der Waals surface area contributed by atoms with Crippen molar-refractivity contribution in [1.29, 1.82) is 0 Å². The Labute approximate surface area is 128 Å². The Hall–Kier alpha value is -2.67. The fourth-order valence-corrected chi connectivity index (χ4v) is 2.56. The van der Waals surface area contributed by atoms with Crippen LogP contribution in [-0.4, -0.2) is 23.5 Å². The van der Waals surface area contributed by atoms with Crippen molar-refractivity contribution < 1.29 is 5.73 Å². The van der Waals surface area contributed by atoms with Crippen molar-refractivity contribution in [3.05, 3.63) is 34.6 Å². The van der Waals surface area contributed by atoms with Crippen molar-refractivity contribution in [2.75, 3.05) is 30.0 Å². The molecule has 0 radical (unpaired) electrons. The molecule has 1 aromatic heterocycles. The molecule has 0 aliphatic carbocycles. The van der Waals surface area contributed by atoms with Gasteiger partial charge in [-0.2, -0.15) is 0 Å². The number of nitrogens with two attached hydrogens (primary N) is 1. The van der Waals surface area contributed by atoms with E-state index in [1.54, 1.807) is 9.36 Å². The molecule has 7 heteroatoms. The molecule has 2 heterocycles. The third kappa shape index (κ3) is 2.25. The van der Waals surface area contributed by atoms with Gasteiger partial charge in [0, 0.05) is 32.5 Å². The predicted molar refractivity (Wildman–Crippen MR) is 89.7 cm³/mol. The first-order valence-corrected chi connectivity index (χ1v) is 7.17. The molecule has 0 unspecified atom stereocenters. The molecule has 1 aliphatic rings. The van der Waals surface area contributed by atoms with Gasteiger partial charge in [0.2, 0.25) is 0 Å². The highest BCUT2D eigenvalue weighted by molar-refractivity contribution is 5.78. The van der Waals surface area contributed by atoms with Crippen LogP contribution < -0.4 is 27.2 Å². The fourth-order valence-electron chi connectivity index (χ4n) is 2.56. The zero-order valence-electron chi connectivity index (χ0n) is 12.8. The van der Waals surface area contributed by atoms with E-state index in [-0.39, 0.29) is 5.56 Å². The van der Waals surface area contributed by atoms with Crippen LogP contribution in [0.15, 0.2) is 29.1 Å². The van der Waals surface area contributed by atoms with E-state index < -0.39 is 0 Å². The second-order valence-electron chi connectivity index (χ2n) is 5.56. The number of allylic oxidation sites excluding steroid dienone is 1. The molecular weight excluding hydrogens is 280 g/mol. The molecule has 1 aromatic carbocycles. The average molecular weight is 301 g/mol. The molecule has 1 aliphatic heterocycles. The Kier molecular flexibility index (Phi) is 3.42. The monoisotopic (exact) mass is 301 g/mol. The van der Waals surface area contributed by atoms with E-state index in [0.29, 0.717) is 29.4 Å². The molecule has 22 heavy (non-hydrogen) atoms. The summed E-state index contributed by atoms with van der Waals surface area (Å²) in [6.07, 6.45) is 4.75. The normalized spacial score (nSPS) is 13.0. The van der Waals surface area contributed by atoms with Crippen molar-refractivity contribution in [1.82, 2.24) is 9.36 Å². The van der Waals surface area contributed by atoms with Gasteiger partial charge in [-0.15, -0.1) is 0 Å². The summed E-state index contributed by atoms with van der Waals surface area (Å²) >= 11 is 0. The molecule has 0 saturated heterocycles. The molecule has 0 atom stereocenters. The van der Waals surface area contributed by atoms with Crippen molar-refractivity contribution >= 4 is 34.8 Å². The quantitative estimate of drug-likeness (QED) is 0.730. The van der Waals surface area contributed by atoms with Crippen molar-refractivity contribution in [2.45, 2.75) is 13.0 Å². The van der Waals surface area contributed by atoms with E-state index in [1.807, 2.05) is 49.5 Å². The van der Waals surface area contributed by atoms with Gasteiger partial charge in [-0.3, -0.25) is 4.79 Å². The lowest BCUT2D eigenvalue weighted by atomic mass is 10.2. The van der Waals surface area contributed by atoms with Crippen LogP contribution in [-0.2, 0) is 6.54 Å². The van der Waals surface area contributed by atoms with Crippen molar-refractivity contribution in [2.24, 2.45) is 0 Å². The van der Waals surface area contributed by atoms with Crippen molar-refractivity contribution in [3.63, 3.8) is 0 Å². The number of anilines is 4. The number of quaternary nitrogens is 1. The van der Waals surface area contributed by atoms with Crippen LogP contribution in [0.4, 0.5) is 28.6 Å². The summed E-state index contributed by atoms with van der Waals surface area (Å²) in [6, 6.07) is 5.70. The minimum absolute atomic E-state index is 0.0783. The number of fused-ring (bicyclic) bond motifs is 1. The third-order valence-electron chi connectivity index (χ3n) is 3.84. The van der Waals surface area contributed by atoms with Gasteiger partial charge in [-0.1, -0.05) is 6.08 Å². The number of nitrogens with one attached hydrogen (secondary N) is 1. The Bertz CT molecular complexity index is 799. The first-order valence-electron chi connectivity index (χ1n) is 7.17. The number of benzene rings is 1. The molecule has 0 saturated carbocycles. The smallest absolute Gasteiger partial charge is 0.297 e. The molecule has 2 aromatic rings. The molecule has 6 N–H and O–H groups in total. The minimum atomic E-state index is -0.0783. The van der Waals surface area contributed by atoms with E-state index in [1.165, 1.54) is 0 Å². The standard InChI is InChI=1S/C15H20N6O/c1-19(2)10-5-6-12(11(16)9-10)18-13-14(17)20-7-3-4-8-21(20)15(13)22/h3,5-7,9,18H,4,8,16-17H2,1-2H3/p+1. The summed E-state index contributed by atoms with van der Waals surface area (Å²) in [4.78, 5) is 14.5. The van der Waals surface area contributed by atoms with Crippen LogP contribution in [0.5, 0.6) is 0 Å². The molecule has 116 valence electrons. The summed E-state index contributed by atoms with van der Waals surface area (Å²) < 4.78 is 3.45. The highest BCUT2D eigenvalue weighted by Gasteiger charge is 2.21. The third-order valence-corrected chi connectivity index (χ3v) is 3.84. The van der Waals surface area contributed by atoms with Gasteiger partial charge in [0.25, 0.3) is 11.4 Å². The molecule has 0 fully saturated rings. The van der Waals surface area contributed by atoms with Gasteiger partial charge >= 0.3 is 0 Å². The maximum absolute atomic E-state index is 12.5. The second-order valence-corrected chi connectivity index (χ2v) is 5.56. The summed E-state index contributed by atoms with van der Waals surface area (Å²) in [5.74, 6) is 0.636. The van der Waals surface area contributed by atoms with E-state index in [9.17, 15) is 4.79 Å². The number of hydrogen-bond donors (Lipinski definition) is 3. The van der Waals surface area contributed by atoms with Crippen LogP contribution in [0, 0.1) is 0 Å². The fraction of sp³-hybridized carbons (Fsp3) is 0.267. The van der Waals surface area contributed by atoms with Gasteiger partial charge in [0.1, 0.15) is 0 Å². The van der Waals surface area contributed by atoms with E-state index >= 15 is 0 Å². The maximum atomic E-state index is 12.5. The van der Waals surface area contributed by atoms with Crippen molar-refractivity contribution in [3.8, 4) is 0 Å². The van der Waals surface area contributed by atoms with Gasteiger partial charge in [-0.25, -0.2) is 9.36 Å². The summed E-state index contributed by atoms with van der Waals surface area (Å²) in [5.41, 5.74) is 12.8. The van der Waals surface area contributed by atoms with E-state index in [2.05, 4.69) is 11.1 Å². The number of aromatic nitrogens is 2. The summed E-state index contributed by atoms with van der Waals surface area (Å²) in [6.45, 7) is 0.661. The highest BCUT2D eigenvalue weighted by Crippen LogP contribution is 2.28. The van der Waals surface area contributed by atoms with Crippen LogP contribution >= 0.6 is 0 Å². The largest absolute Gasteiger partial charge is 0.397 e. The zero-order chi connectivity index (χ0) is 15.9. The number of rotatable bonds is 3. The first kappa shape index (κ1) is 14.3. The predicted octanol–water partition coefficient (Wildman–Crippen LogP) is 0.789. The number of hydrogen-bond acceptors (Lipinski definition) is 4. The van der Waals surface area contributed by atoms with Gasteiger partial charge in [0.15, 0.2) is 5.69 Å². The molecule has 0 bridgehead atoms. The van der Waals surface area contributed by atoms with Gasteiger partial charge in [0.05, 0.1) is 11.4 Å². The van der Waals surface area contributed by atoms with Crippen LogP contribution in [0.2, 0.25) is 0 Å². The number of nitrogen functional groups attached to an aromatic ring is 1. The Morgan fingerprint density at radius 1 is 1.36 bits per heavy atom. The summed E-state index contributed by atoms with van der Waals surface area (Å²) in [7, 11) is 3.91. The second kappa shape index (κ2) is 5.27. The average Bonchev–Trinajstić information content (AvgIpc) is 2.74. The molecule has 0 amide bonds. The Balaban J connectivity index is 1.99. The number of nitrogens with zero attached hydrogens (tertiary/aromatic N) is 3. The SMILES string of the molecule is CN(C)c1ccc(Nc2c([NH3+])n3n(c2=O)CCC=C3)c(N)c1. The molecule has 3 rings (SSSR count). The van der Waals surface area contributed by atoms with Gasteiger partial charge < -0.3 is 21.7 Å². The molecule has 7 nitrogen and oxygen atoms in total. The first-order chi connectivity index (χ1) is 10.5. The van der Waals surface area contributed by atoms with E-state index in [0.717, 1.165) is 12.1 Å². The lowest BCUT2D eigenvalue weighted by Crippen LogP contribution is -2.43. The minimum Gasteiger partial charge on any atom is -0.397 e. The van der Waals surface area contributed by atoms with Crippen LogP contribution in [0.25, 0.3) is 6.20 Å². The molecule has 0 spiro atoms. The maximum Gasteiger partial charge on any atom is 0.297 e.